The number of methoxy groups -OCH3 is 1. The summed E-state index contributed by atoms with van der Waals surface area (Å²) in [6.45, 7) is 8.32. The van der Waals surface area contributed by atoms with Crippen LogP contribution in [0.25, 0.3) is 0 Å². The summed E-state index contributed by atoms with van der Waals surface area (Å²) in [4.78, 5) is 38.8. The first kappa shape index (κ1) is 21.3. The molecule has 1 aromatic heterocycles. The predicted molar refractivity (Wildman–Crippen MR) is 115 cm³/mol. The minimum Gasteiger partial charge on any atom is -0.465 e. The van der Waals surface area contributed by atoms with Crippen molar-refractivity contribution in [2.75, 3.05) is 19.0 Å². The molecule has 0 saturated heterocycles. The molecule has 1 amide bonds. The first-order chi connectivity index (χ1) is 14.0. The maximum absolute atomic E-state index is 13.7. The summed E-state index contributed by atoms with van der Waals surface area (Å²) >= 11 is 1.10. The second-order valence-electron chi connectivity index (χ2n) is 10.3. The lowest BCUT2D eigenvalue weighted by Gasteiger charge is -2.64. The van der Waals surface area contributed by atoms with Crippen molar-refractivity contribution in [1.82, 2.24) is 0 Å². The van der Waals surface area contributed by atoms with Crippen molar-refractivity contribution in [3.05, 3.63) is 16.0 Å². The van der Waals surface area contributed by atoms with E-state index in [4.69, 9.17) is 9.47 Å². The van der Waals surface area contributed by atoms with Crippen LogP contribution >= 0.6 is 11.3 Å². The summed E-state index contributed by atoms with van der Waals surface area (Å²) in [6, 6.07) is 0. The Bertz CT molecular complexity index is 901. The highest BCUT2D eigenvalue weighted by Crippen LogP contribution is 2.69. The Hall–Kier alpha value is -1.89. The largest absolute Gasteiger partial charge is 0.465 e. The zero-order chi connectivity index (χ0) is 21.9. The molecule has 164 valence electrons. The van der Waals surface area contributed by atoms with E-state index in [0.717, 1.165) is 30.6 Å². The van der Waals surface area contributed by atoms with Crippen LogP contribution in [0.4, 0.5) is 5.00 Å². The summed E-state index contributed by atoms with van der Waals surface area (Å²) in [5.74, 6) is -0.479. The first-order valence-corrected chi connectivity index (χ1v) is 11.6. The van der Waals surface area contributed by atoms with Crippen molar-refractivity contribution in [2.24, 2.45) is 22.2 Å². The van der Waals surface area contributed by atoms with E-state index in [1.165, 1.54) is 26.4 Å². The minimum absolute atomic E-state index is 0.0224. The monoisotopic (exact) mass is 433 g/mol. The van der Waals surface area contributed by atoms with Crippen LogP contribution in [-0.4, -0.2) is 31.6 Å². The summed E-state index contributed by atoms with van der Waals surface area (Å²) in [7, 11) is 1.30. The highest BCUT2D eigenvalue weighted by molar-refractivity contribution is 7.18. The fourth-order valence-corrected chi connectivity index (χ4v) is 8.36. The van der Waals surface area contributed by atoms with Crippen molar-refractivity contribution in [3.8, 4) is 0 Å². The molecule has 1 heterocycles. The van der Waals surface area contributed by atoms with Gasteiger partial charge in [0.05, 0.1) is 24.7 Å². The van der Waals surface area contributed by atoms with Gasteiger partial charge in [0.25, 0.3) is 0 Å². The van der Waals surface area contributed by atoms with Crippen LogP contribution in [0.5, 0.6) is 0 Å². The van der Waals surface area contributed by atoms with Crippen LogP contribution in [-0.2, 0) is 14.3 Å². The molecule has 0 aliphatic heterocycles. The number of ether oxygens (including phenoxy) is 2. The lowest BCUT2D eigenvalue weighted by Crippen LogP contribution is -2.58. The van der Waals surface area contributed by atoms with Crippen LogP contribution in [0, 0.1) is 29.1 Å². The number of hydrogen-bond donors (Lipinski definition) is 1. The van der Waals surface area contributed by atoms with Gasteiger partial charge in [-0.25, -0.2) is 9.59 Å². The van der Waals surface area contributed by atoms with Crippen molar-refractivity contribution < 1.29 is 23.9 Å². The van der Waals surface area contributed by atoms with Crippen LogP contribution in [0.2, 0.25) is 0 Å². The van der Waals surface area contributed by atoms with E-state index in [1.807, 2.05) is 0 Å². The minimum atomic E-state index is -0.556. The zero-order valence-corrected chi connectivity index (χ0v) is 19.3. The number of amides is 1. The molecule has 1 N–H and O–H groups in total. The Morgan fingerprint density at radius 3 is 2.23 bits per heavy atom. The number of nitrogens with one attached hydrogen (secondary N) is 1. The normalized spacial score (nSPS) is 34.0. The predicted octanol–water partition coefficient (Wildman–Crippen LogP) is 4.95. The van der Waals surface area contributed by atoms with Crippen LogP contribution in [0.1, 0.15) is 84.9 Å². The van der Waals surface area contributed by atoms with Crippen LogP contribution < -0.4 is 5.32 Å². The number of esters is 2. The molecule has 4 fully saturated rings. The summed E-state index contributed by atoms with van der Waals surface area (Å²) in [6.07, 6.45) is 6.28. The fraction of sp³-hybridized carbons (Fsp3) is 0.696. The highest BCUT2D eigenvalue weighted by atomic mass is 32.1. The van der Waals surface area contributed by atoms with Gasteiger partial charge >= 0.3 is 11.9 Å². The third kappa shape index (κ3) is 3.35. The van der Waals surface area contributed by atoms with Gasteiger partial charge < -0.3 is 14.8 Å². The topological polar surface area (TPSA) is 81.7 Å². The van der Waals surface area contributed by atoms with Gasteiger partial charge in [-0.05, 0) is 74.7 Å². The molecule has 4 saturated carbocycles. The summed E-state index contributed by atoms with van der Waals surface area (Å²) in [5.41, 5.74) is 0.750. The van der Waals surface area contributed by atoms with Crippen molar-refractivity contribution in [1.29, 1.82) is 0 Å². The molecule has 0 radical (unpaired) electrons. The fourth-order valence-electron chi connectivity index (χ4n) is 7.28. The summed E-state index contributed by atoms with van der Waals surface area (Å²) < 4.78 is 10.1. The molecule has 30 heavy (non-hydrogen) atoms. The van der Waals surface area contributed by atoms with E-state index < -0.39 is 17.4 Å². The SMILES string of the molecule is CCOC(=O)c1sc(NC(=O)C23CC4CC(C)(CC(C)(C4)C2)C3)c(C(=O)OC)c1C. The molecule has 4 aliphatic carbocycles. The van der Waals surface area contributed by atoms with E-state index in [2.05, 4.69) is 19.2 Å². The molecule has 0 spiro atoms. The molecule has 0 aromatic carbocycles. The average Bonchev–Trinajstić information content (AvgIpc) is 2.94. The van der Waals surface area contributed by atoms with Crippen molar-refractivity contribution >= 4 is 34.2 Å². The molecule has 6 nitrogen and oxygen atoms in total. The molecule has 1 aromatic rings. The molecular formula is C23H31NO5S. The van der Waals surface area contributed by atoms with Crippen molar-refractivity contribution in [2.45, 2.75) is 66.2 Å². The number of thiophene rings is 1. The van der Waals surface area contributed by atoms with E-state index in [0.29, 0.717) is 21.4 Å². The van der Waals surface area contributed by atoms with Gasteiger partial charge in [0.2, 0.25) is 5.91 Å². The molecule has 2 atom stereocenters. The van der Waals surface area contributed by atoms with E-state index in [-0.39, 0.29) is 28.9 Å². The van der Waals surface area contributed by atoms with Crippen molar-refractivity contribution in [3.63, 3.8) is 0 Å². The van der Waals surface area contributed by atoms with E-state index >= 15 is 0 Å². The highest BCUT2D eigenvalue weighted by Gasteiger charge is 2.62. The zero-order valence-electron chi connectivity index (χ0n) is 18.5. The maximum Gasteiger partial charge on any atom is 0.348 e. The Kier molecular flexibility index (Phi) is 5.03. The van der Waals surface area contributed by atoms with Gasteiger partial charge in [0.15, 0.2) is 0 Å². The number of carbonyl (C=O) groups is 3. The molecule has 5 rings (SSSR count). The van der Waals surface area contributed by atoms with E-state index in [9.17, 15) is 14.4 Å². The smallest absolute Gasteiger partial charge is 0.348 e. The van der Waals surface area contributed by atoms with Gasteiger partial charge in [-0.15, -0.1) is 11.3 Å². The molecule has 4 aliphatic rings. The Balaban J connectivity index is 1.67. The number of hydrogen-bond acceptors (Lipinski definition) is 6. The van der Waals surface area contributed by atoms with Crippen LogP contribution in [0.15, 0.2) is 0 Å². The Morgan fingerprint density at radius 1 is 1.07 bits per heavy atom. The molecule has 2 unspecified atom stereocenters. The first-order valence-electron chi connectivity index (χ1n) is 10.7. The average molecular weight is 434 g/mol. The third-order valence-corrected chi connectivity index (χ3v) is 8.52. The van der Waals surface area contributed by atoms with Gasteiger partial charge in [0.1, 0.15) is 9.88 Å². The van der Waals surface area contributed by atoms with E-state index in [1.54, 1.807) is 13.8 Å². The van der Waals surface area contributed by atoms with Gasteiger partial charge in [-0.1, -0.05) is 13.8 Å². The van der Waals surface area contributed by atoms with Gasteiger partial charge in [-0.3, -0.25) is 4.79 Å². The lowest BCUT2D eigenvalue weighted by molar-refractivity contribution is -0.165. The summed E-state index contributed by atoms with van der Waals surface area (Å²) in [5, 5.41) is 3.43. The Morgan fingerprint density at radius 2 is 1.70 bits per heavy atom. The quantitative estimate of drug-likeness (QED) is 0.664. The Labute approximate surface area is 181 Å². The molecule has 7 heteroatoms. The lowest BCUT2D eigenvalue weighted by atomic mass is 9.40. The van der Waals surface area contributed by atoms with Gasteiger partial charge in [-0.2, -0.15) is 0 Å². The maximum atomic E-state index is 13.7. The third-order valence-electron chi connectivity index (χ3n) is 7.33. The second-order valence-corrected chi connectivity index (χ2v) is 11.4. The standard InChI is InChI=1S/C23H31NO5S/c1-6-29-19(26)16-13(2)15(18(25)28-5)17(30-16)24-20(27)23-9-14-7-21(3,11-23)10-22(4,8-14)12-23/h14H,6-12H2,1-5H3,(H,24,27). The number of rotatable bonds is 5. The molecule has 4 bridgehead atoms. The number of anilines is 1. The second kappa shape index (κ2) is 7.08. The van der Waals surface area contributed by atoms with Gasteiger partial charge in [0, 0.05) is 0 Å². The van der Waals surface area contributed by atoms with Crippen LogP contribution in [0.3, 0.4) is 0 Å². The molecular weight excluding hydrogens is 402 g/mol. The number of carbonyl (C=O) groups excluding carboxylic acids is 3.